The van der Waals surface area contributed by atoms with E-state index in [0.717, 1.165) is 28.1 Å². The average Bonchev–Trinajstić information content (AvgIpc) is 3.35. The van der Waals surface area contributed by atoms with E-state index in [2.05, 4.69) is 4.98 Å². The number of piperidine rings is 1. The molecular formula is C19H18N2O3S2. The zero-order valence-electron chi connectivity index (χ0n) is 14.1. The van der Waals surface area contributed by atoms with Gasteiger partial charge in [-0.1, -0.05) is 18.2 Å². The fourth-order valence-corrected chi connectivity index (χ4v) is 4.71. The number of amides is 1. The molecule has 1 fully saturated rings. The van der Waals surface area contributed by atoms with E-state index < -0.39 is 0 Å². The predicted molar refractivity (Wildman–Crippen MR) is 102 cm³/mol. The number of esters is 1. The highest BCUT2D eigenvalue weighted by Crippen LogP contribution is 2.24. The van der Waals surface area contributed by atoms with Crippen LogP contribution in [0.4, 0.5) is 0 Å². The molecule has 4 rings (SSSR count). The number of benzene rings is 1. The zero-order chi connectivity index (χ0) is 17.9. The molecular weight excluding hydrogens is 368 g/mol. The second-order valence-electron chi connectivity index (χ2n) is 6.25. The summed E-state index contributed by atoms with van der Waals surface area (Å²) in [6.45, 7) is 1.31. The fraction of sp³-hybridized carbons (Fsp3) is 0.316. The molecule has 1 amide bonds. The molecule has 0 bridgehead atoms. The van der Waals surface area contributed by atoms with Crippen LogP contribution in [-0.2, 0) is 16.1 Å². The van der Waals surface area contributed by atoms with Gasteiger partial charge in [0.05, 0.1) is 21.0 Å². The van der Waals surface area contributed by atoms with Gasteiger partial charge in [-0.15, -0.1) is 22.7 Å². The molecule has 2 aromatic heterocycles. The molecule has 5 nitrogen and oxygen atoms in total. The molecule has 0 radical (unpaired) electrons. The lowest BCUT2D eigenvalue weighted by atomic mass is 9.98. The first-order valence-corrected chi connectivity index (χ1v) is 10.2. The van der Waals surface area contributed by atoms with Crippen molar-refractivity contribution in [2.45, 2.75) is 19.4 Å². The molecule has 3 heterocycles. The lowest BCUT2D eigenvalue weighted by Crippen LogP contribution is -2.42. The molecule has 134 valence electrons. The van der Waals surface area contributed by atoms with Crippen molar-refractivity contribution in [2.24, 2.45) is 5.92 Å². The first-order chi connectivity index (χ1) is 12.7. The largest absolute Gasteiger partial charge is 0.458 e. The minimum atomic E-state index is -0.262. The number of hydrogen-bond acceptors (Lipinski definition) is 6. The molecule has 3 aromatic rings. The number of carbonyl (C=O) groups excluding carboxylic acids is 2. The van der Waals surface area contributed by atoms with Crippen molar-refractivity contribution in [3.63, 3.8) is 0 Å². The van der Waals surface area contributed by atoms with E-state index in [1.165, 1.54) is 22.7 Å². The van der Waals surface area contributed by atoms with E-state index in [4.69, 9.17) is 4.74 Å². The molecule has 1 unspecified atom stereocenters. The molecule has 0 saturated carbocycles. The average molecular weight is 386 g/mol. The highest BCUT2D eigenvalue weighted by molar-refractivity contribution is 7.18. The summed E-state index contributed by atoms with van der Waals surface area (Å²) in [5.41, 5.74) is 0.925. The van der Waals surface area contributed by atoms with Gasteiger partial charge in [-0.2, -0.15) is 0 Å². The van der Waals surface area contributed by atoms with E-state index in [1.54, 1.807) is 4.90 Å². The second-order valence-corrected chi connectivity index (χ2v) is 8.31. The van der Waals surface area contributed by atoms with Crippen LogP contribution in [-0.4, -0.2) is 34.8 Å². The Balaban J connectivity index is 1.36. The van der Waals surface area contributed by atoms with Crippen molar-refractivity contribution >= 4 is 44.8 Å². The van der Waals surface area contributed by atoms with Gasteiger partial charge in [-0.05, 0) is 36.4 Å². The summed E-state index contributed by atoms with van der Waals surface area (Å²) in [4.78, 5) is 31.9. The van der Waals surface area contributed by atoms with Gasteiger partial charge in [-0.25, -0.2) is 4.98 Å². The summed E-state index contributed by atoms with van der Waals surface area (Å²) in [5, 5.41) is 2.68. The van der Waals surface area contributed by atoms with Crippen LogP contribution in [0, 0.1) is 5.92 Å². The maximum Gasteiger partial charge on any atom is 0.311 e. The van der Waals surface area contributed by atoms with Gasteiger partial charge in [0.25, 0.3) is 5.91 Å². The first kappa shape index (κ1) is 17.2. The minimum absolute atomic E-state index is 0.00340. The molecule has 1 aliphatic heterocycles. The zero-order valence-corrected chi connectivity index (χ0v) is 15.7. The van der Waals surface area contributed by atoms with E-state index in [-0.39, 0.29) is 24.4 Å². The molecule has 26 heavy (non-hydrogen) atoms. The number of thiophene rings is 1. The second kappa shape index (κ2) is 7.55. The van der Waals surface area contributed by atoms with Crippen molar-refractivity contribution < 1.29 is 14.3 Å². The molecule has 0 aliphatic carbocycles. The highest BCUT2D eigenvalue weighted by atomic mass is 32.1. The summed E-state index contributed by atoms with van der Waals surface area (Å²) in [5.74, 6) is -0.501. The Morgan fingerprint density at radius 2 is 2.12 bits per heavy atom. The number of nitrogens with zero attached hydrogens (tertiary/aromatic N) is 2. The summed E-state index contributed by atoms with van der Waals surface area (Å²) < 4.78 is 6.58. The topological polar surface area (TPSA) is 59.5 Å². The van der Waals surface area contributed by atoms with Gasteiger partial charge in [0.15, 0.2) is 0 Å². The Bertz CT molecular complexity index is 887. The van der Waals surface area contributed by atoms with Gasteiger partial charge in [-0.3, -0.25) is 9.59 Å². The third-order valence-electron chi connectivity index (χ3n) is 4.45. The number of hydrogen-bond donors (Lipinski definition) is 0. The van der Waals surface area contributed by atoms with Crippen molar-refractivity contribution in [2.75, 3.05) is 13.1 Å². The van der Waals surface area contributed by atoms with Crippen LogP contribution in [0.15, 0.2) is 41.8 Å². The SMILES string of the molecule is O=C(OCc1nc2ccccc2s1)C1CCCN(C(=O)c2cccs2)C1. The summed E-state index contributed by atoms with van der Waals surface area (Å²) in [7, 11) is 0. The number of ether oxygens (including phenoxy) is 1. The Kier molecular flexibility index (Phi) is 4.99. The van der Waals surface area contributed by atoms with E-state index in [1.807, 2.05) is 41.8 Å². The normalized spacial score (nSPS) is 17.4. The number of para-hydroxylation sites is 1. The number of rotatable bonds is 4. The molecule has 1 atom stereocenters. The summed E-state index contributed by atoms with van der Waals surface area (Å²) in [6.07, 6.45) is 1.57. The quantitative estimate of drug-likeness (QED) is 0.637. The van der Waals surface area contributed by atoms with Gasteiger partial charge >= 0.3 is 5.97 Å². The smallest absolute Gasteiger partial charge is 0.311 e. The Labute approximate surface area is 159 Å². The number of carbonyl (C=O) groups is 2. The highest BCUT2D eigenvalue weighted by Gasteiger charge is 2.30. The lowest BCUT2D eigenvalue weighted by molar-refractivity contribution is -0.151. The Morgan fingerprint density at radius 3 is 2.92 bits per heavy atom. The van der Waals surface area contributed by atoms with Crippen LogP contribution in [0.2, 0.25) is 0 Å². The predicted octanol–water partition coefficient (Wildman–Crippen LogP) is 3.95. The van der Waals surface area contributed by atoms with E-state index in [9.17, 15) is 9.59 Å². The maximum atomic E-state index is 12.5. The van der Waals surface area contributed by atoms with Gasteiger partial charge < -0.3 is 9.64 Å². The monoisotopic (exact) mass is 386 g/mol. The van der Waals surface area contributed by atoms with Crippen molar-refractivity contribution in [1.29, 1.82) is 0 Å². The Hall–Kier alpha value is -2.25. The molecule has 1 aliphatic rings. The van der Waals surface area contributed by atoms with Crippen molar-refractivity contribution in [1.82, 2.24) is 9.88 Å². The number of thiazole rings is 1. The molecule has 0 spiro atoms. The van der Waals surface area contributed by atoms with Crippen LogP contribution in [0.5, 0.6) is 0 Å². The molecule has 7 heteroatoms. The lowest BCUT2D eigenvalue weighted by Gasteiger charge is -2.31. The van der Waals surface area contributed by atoms with E-state index in [0.29, 0.717) is 18.0 Å². The van der Waals surface area contributed by atoms with Crippen LogP contribution >= 0.6 is 22.7 Å². The maximum absolute atomic E-state index is 12.5. The standard InChI is InChI=1S/C19H18N2O3S2/c22-18(16-8-4-10-25-16)21-9-3-5-13(11-21)19(23)24-12-17-20-14-6-1-2-7-15(14)26-17/h1-2,4,6-8,10,13H,3,5,9,11-12H2. The summed E-state index contributed by atoms with van der Waals surface area (Å²) in [6, 6.07) is 11.6. The van der Waals surface area contributed by atoms with Crippen LogP contribution in [0.25, 0.3) is 10.2 Å². The van der Waals surface area contributed by atoms with Crippen molar-refractivity contribution in [3.8, 4) is 0 Å². The third-order valence-corrected chi connectivity index (χ3v) is 6.32. The molecule has 1 aromatic carbocycles. The number of likely N-dealkylation sites (tertiary alicyclic amines) is 1. The van der Waals surface area contributed by atoms with Gasteiger partial charge in [0.1, 0.15) is 11.6 Å². The Morgan fingerprint density at radius 1 is 1.23 bits per heavy atom. The molecule has 0 N–H and O–H groups in total. The number of fused-ring (bicyclic) bond motifs is 1. The first-order valence-electron chi connectivity index (χ1n) is 8.54. The van der Waals surface area contributed by atoms with Crippen molar-refractivity contribution in [3.05, 3.63) is 51.7 Å². The van der Waals surface area contributed by atoms with Crippen LogP contribution < -0.4 is 0 Å². The fourth-order valence-electron chi connectivity index (χ4n) is 3.14. The van der Waals surface area contributed by atoms with Crippen LogP contribution in [0.3, 0.4) is 0 Å². The molecule has 1 saturated heterocycles. The summed E-state index contributed by atoms with van der Waals surface area (Å²) >= 11 is 2.97. The minimum Gasteiger partial charge on any atom is -0.458 e. The van der Waals surface area contributed by atoms with Gasteiger partial charge in [0.2, 0.25) is 0 Å². The van der Waals surface area contributed by atoms with E-state index >= 15 is 0 Å². The van der Waals surface area contributed by atoms with Gasteiger partial charge in [0, 0.05) is 13.1 Å². The third kappa shape index (κ3) is 3.64. The van der Waals surface area contributed by atoms with Crippen LogP contribution in [0.1, 0.15) is 27.5 Å². The number of aromatic nitrogens is 1.